The van der Waals surface area contributed by atoms with Crippen molar-refractivity contribution in [3.05, 3.63) is 56.2 Å². The molecule has 0 aliphatic rings. The zero-order chi connectivity index (χ0) is 13.3. The Hall–Kier alpha value is -0.780. The third-order valence-electron chi connectivity index (χ3n) is 2.68. The molecule has 1 aromatic carbocycles. The van der Waals surface area contributed by atoms with E-state index < -0.39 is 17.2 Å². The molecule has 96 valence electrons. The van der Waals surface area contributed by atoms with Crippen LogP contribution in [0.25, 0.3) is 0 Å². The molecule has 0 radical (unpaired) electrons. The van der Waals surface area contributed by atoms with E-state index in [0.29, 0.717) is 6.42 Å². The van der Waals surface area contributed by atoms with Crippen LogP contribution < -0.4 is 0 Å². The molecule has 2 aromatic rings. The second kappa shape index (κ2) is 5.07. The SMILES string of the molecule is CC(O)(Cc1sccc1Br)c1cc(F)cc(F)c1. The minimum atomic E-state index is -1.31. The van der Waals surface area contributed by atoms with Crippen molar-refractivity contribution in [2.45, 2.75) is 18.9 Å². The summed E-state index contributed by atoms with van der Waals surface area (Å²) in [5.74, 6) is -1.37. The van der Waals surface area contributed by atoms with Crippen molar-refractivity contribution in [1.29, 1.82) is 0 Å². The molecule has 1 aromatic heterocycles. The molecule has 0 bridgehead atoms. The third kappa shape index (κ3) is 2.96. The van der Waals surface area contributed by atoms with Crippen LogP contribution in [0.3, 0.4) is 0 Å². The fourth-order valence-corrected chi connectivity index (χ4v) is 3.37. The smallest absolute Gasteiger partial charge is 0.126 e. The molecular weight excluding hydrogens is 322 g/mol. The van der Waals surface area contributed by atoms with E-state index >= 15 is 0 Å². The lowest BCUT2D eigenvalue weighted by Gasteiger charge is -2.23. The molecule has 0 amide bonds. The van der Waals surface area contributed by atoms with Crippen molar-refractivity contribution < 1.29 is 13.9 Å². The maximum absolute atomic E-state index is 13.2. The fraction of sp³-hybridized carbons (Fsp3) is 0.231. The molecule has 1 heterocycles. The van der Waals surface area contributed by atoms with Crippen LogP contribution in [-0.2, 0) is 12.0 Å². The number of hydrogen-bond acceptors (Lipinski definition) is 2. The van der Waals surface area contributed by atoms with Gasteiger partial charge in [0, 0.05) is 21.8 Å². The van der Waals surface area contributed by atoms with Crippen LogP contribution in [0.2, 0.25) is 0 Å². The fourth-order valence-electron chi connectivity index (χ4n) is 1.73. The Labute approximate surface area is 116 Å². The Bertz CT molecular complexity index is 546. The summed E-state index contributed by atoms with van der Waals surface area (Å²) < 4.78 is 27.2. The van der Waals surface area contributed by atoms with Crippen LogP contribution in [0.15, 0.2) is 34.1 Å². The van der Waals surface area contributed by atoms with Gasteiger partial charge in [-0.2, -0.15) is 0 Å². The van der Waals surface area contributed by atoms with E-state index in [-0.39, 0.29) is 5.56 Å². The van der Waals surface area contributed by atoms with Crippen molar-refractivity contribution in [3.63, 3.8) is 0 Å². The first-order valence-electron chi connectivity index (χ1n) is 5.29. The lowest BCUT2D eigenvalue weighted by atomic mass is 9.92. The van der Waals surface area contributed by atoms with Gasteiger partial charge in [-0.05, 0) is 52.0 Å². The van der Waals surface area contributed by atoms with Gasteiger partial charge < -0.3 is 5.11 Å². The summed E-state index contributed by atoms with van der Waals surface area (Å²) in [7, 11) is 0. The molecule has 1 unspecified atom stereocenters. The van der Waals surface area contributed by atoms with Gasteiger partial charge in [-0.3, -0.25) is 0 Å². The van der Waals surface area contributed by atoms with Crippen LogP contribution >= 0.6 is 27.3 Å². The van der Waals surface area contributed by atoms with Gasteiger partial charge in [0.1, 0.15) is 11.6 Å². The second-order valence-corrected chi connectivity index (χ2v) is 6.16. The van der Waals surface area contributed by atoms with Crippen LogP contribution in [-0.4, -0.2) is 5.11 Å². The first-order chi connectivity index (χ1) is 8.38. The summed E-state index contributed by atoms with van der Waals surface area (Å²) >= 11 is 4.86. The lowest BCUT2D eigenvalue weighted by molar-refractivity contribution is 0.0576. The molecule has 0 aliphatic heterocycles. The van der Waals surface area contributed by atoms with E-state index in [1.165, 1.54) is 11.3 Å². The molecule has 0 saturated carbocycles. The highest BCUT2D eigenvalue weighted by Crippen LogP contribution is 2.32. The van der Waals surface area contributed by atoms with E-state index in [4.69, 9.17) is 0 Å². The number of rotatable bonds is 3. The first kappa shape index (κ1) is 13.6. The predicted molar refractivity (Wildman–Crippen MR) is 71.7 cm³/mol. The van der Waals surface area contributed by atoms with E-state index in [2.05, 4.69) is 15.9 Å². The van der Waals surface area contributed by atoms with E-state index in [1.807, 2.05) is 11.4 Å². The van der Waals surface area contributed by atoms with Gasteiger partial charge in [0.2, 0.25) is 0 Å². The maximum Gasteiger partial charge on any atom is 0.126 e. The van der Waals surface area contributed by atoms with Gasteiger partial charge in [0.25, 0.3) is 0 Å². The Kier molecular flexibility index (Phi) is 3.84. The highest BCUT2D eigenvalue weighted by Gasteiger charge is 2.26. The number of halogens is 3. The van der Waals surface area contributed by atoms with E-state index in [0.717, 1.165) is 27.5 Å². The van der Waals surface area contributed by atoms with Crippen molar-refractivity contribution in [2.24, 2.45) is 0 Å². The topological polar surface area (TPSA) is 20.2 Å². The lowest BCUT2D eigenvalue weighted by Crippen LogP contribution is -2.24. The Morgan fingerprint density at radius 1 is 1.28 bits per heavy atom. The summed E-state index contributed by atoms with van der Waals surface area (Å²) in [5, 5.41) is 12.3. The molecule has 0 spiro atoms. The maximum atomic E-state index is 13.2. The first-order valence-corrected chi connectivity index (χ1v) is 6.96. The zero-order valence-corrected chi connectivity index (χ0v) is 12.0. The Balaban J connectivity index is 2.33. The highest BCUT2D eigenvalue weighted by molar-refractivity contribution is 9.10. The highest BCUT2D eigenvalue weighted by atomic mass is 79.9. The molecule has 1 atom stereocenters. The molecule has 0 saturated heterocycles. The average Bonchev–Trinajstić information content (AvgIpc) is 2.62. The van der Waals surface area contributed by atoms with E-state index in [1.54, 1.807) is 6.92 Å². The molecule has 1 nitrogen and oxygen atoms in total. The van der Waals surface area contributed by atoms with Gasteiger partial charge in [0.05, 0.1) is 5.60 Å². The summed E-state index contributed by atoms with van der Waals surface area (Å²) in [6.45, 7) is 1.55. The molecule has 0 aliphatic carbocycles. The quantitative estimate of drug-likeness (QED) is 0.891. The summed E-state index contributed by atoms with van der Waals surface area (Å²) in [6, 6.07) is 4.98. The van der Waals surface area contributed by atoms with Crippen molar-refractivity contribution in [1.82, 2.24) is 0 Å². The average molecular weight is 333 g/mol. The molecule has 2 rings (SSSR count). The third-order valence-corrected chi connectivity index (χ3v) is 4.61. The molecule has 18 heavy (non-hydrogen) atoms. The molecule has 1 N–H and O–H groups in total. The van der Waals surface area contributed by atoms with Gasteiger partial charge in [-0.15, -0.1) is 11.3 Å². The molecule has 5 heteroatoms. The molecular formula is C13H11BrF2OS. The normalized spacial score (nSPS) is 14.5. The summed E-state index contributed by atoms with van der Waals surface area (Å²) in [6.07, 6.45) is 0.300. The summed E-state index contributed by atoms with van der Waals surface area (Å²) in [4.78, 5) is 0.935. The van der Waals surface area contributed by atoms with Gasteiger partial charge in [-0.1, -0.05) is 0 Å². The van der Waals surface area contributed by atoms with Crippen molar-refractivity contribution in [3.8, 4) is 0 Å². The number of hydrogen-bond donors (Lipinski definition) is 1. The second-order valence-electron chi connectivity index (χ2n) is 4.30. The van der Waals surface area contributed by atoms with Crippen molar-refractivity contribution >= 4 is 27.3 Å². The van der Waals surface area contributed by atoms with Crippen LogP contribution in [0.1, 0.15) is 17.4 Å². The summed E-state index contributed by atoms with van der Waals surface area (Å²) in [5.41, 5.74) is -1.07. The largest absolute Gasteiger partial charge is 0.385 e. The minimum absolute atomic E-state index is 0.236. The predicted octanol–water partition coefficient (Wildman–Crippen LogP) is 4.24. The standard InChI is InChI=1S/C13H11BrF2OS/c1-13(17,7-12-11(14)2-3-18-12)8-4-9(15)6-10(16)5-8/h2-6,17H,7H2,1H3. The van der Waals surface area contributed by atoms with E-state index in [9.17, 15) is 13.9 Å². The van der Waals surface area contributed by atoms with Crippen LogP contribution in [0.4, 0.5) is 8.78 Å². The van der Waals surface area contributed by atoms with Crippen LogP contribution in [0, 0.1) is 11.6 Å². The van der Waals surface area contributed by atoms with Gasteiger partial charge in [0.15, 0.2) is 0 Å². The zero-order valence-electron chi connectivity index (χ0n) is 9.58. The number of aliphatic hydroxyl groups is 1. The van der Waals surface area contributed by atoms with Crippen molar-refractivity contribution in [2.75, 3.05) is 0 Å². The minimum Gasteiger partial charge on any atom is -0.385 e. The monoisotopic (exact) mass is 332 g/mol. The number of benzene rings is 1. The van der Waals surface area contributed by atoms with Crippen LogP contribution in [0.5, 0.6) is 0 Å². The van der Waals surface area contributed by atoms with Gasteiger partial charge >= 0.3 is 0 Å². The number of thiophene rings is 1. The molecule has 0 fully saturated rings. The Morgan fingerprint density at radius 2 is 1.89 bits per heavy atom. The van der Waals surface area contributed by atoms with Gasteiger partial charge in [-0.25, -0.2) is 8.78 Å². The Morgan fingerprint density at radius 3 is 2.39 bits per heavy atom.